The van der Waals surface area contributed by atoms with Gasteiger partial charge in [-0.25, -0.2) is 14.1 Å². The van der Waals surface area contributed by atoms with Crippen LogP contribution in [0.3, 0.4) is 0 Å². The molecule has 13 nitrogen and oxygen atoms in total. The topological polar surface area (TPSA) is 189 Å². The van der Waals surface area contributed by atoms with Crippen LogP contribution in [0, 0.1) is 11.8 Å². The summed E-state index contributed by atoms with van der Waals surface area (Å²) in [4.78, 5) is 48.6. The van der Waals surface area contributed by atoms with Crippen molar-refractivity contribution in [2.45, 2.75) is 25.5 Å². The van der Waals surface area contributed by atoms with Gasteiger partial charge in [0, 0.05) is 19.5 Å². The van der Waals surface area contributed by atoms with E-state index in [1.807, 2.05) is 0 Å². The molecule has 1 saturated carbocycles. The van der Waals surface area contributed by atoms with Crippen molar-refractivity contribution < 1.29 is 37.8 Å². The predicted molar refractivity (Wildman–Crippen MR) is 101 cm³/mol. The molecule has 162 valence electrons. The molecule has 1 fully saturated rings. The molecule has 1 aliphatic carbocycles. The molecule has 0 aromatic carbocycles. The average Bonchev–Trinajstić information content (AvgIpc) is 3.14. The largest absolute Gasteiger partial charge is 0.469 e. The maximum Gasteiger partial charge on any atom is 0.469 e. The minimum atomic E-state index is -4.79. The lowest BCUT2D eigenvalue weighted by molar-refractivity contribution is 0.0737. The van der Waals surface area contributed by atoms with Gasteiger partial charge in [0.15, 0.2) is 17.0 Å². The second-order valence-corrected chi connectivity index (χ2v) is 9.45. The van der Waals surface area contributed by atoms with Gasteiger partial charge >= 0.3 is 15.6 Å². The van der Waals surface area contributed by atoms with Crippen molar-refractivity contribution in [1.82, 2.24) is 19.5 Å². The minimum Gasteiger partial charge on any atom is -0.371 e. The Morgan fingerprint density at radius 1 is 1.24 bits per heavy atom. The number of rotatable bonds is 8. The van der Waals surface area contributed by atoms with Crippen LogP contribution in [0.15, 0.2) is 6.33 Å². The van der Waals surface area contributed by atoms with Crippen LogP contribution in [0.5, 0.6) is 0 Å². The number of imidazole rings is 1. The Kier molecular flexibility index (Phi) is 6.64. The molecule has 0 aliphatic heterocycles. The summed E-state index contributed by atoms with van der Waals surface area (Å²) in [5, 5.41) is 2.91. The Hall–Kier alpha value is -1.14. The maximum absolute atomic E-state index is 11.3. The van der Waals surface area contributed by atoms with Gasteiger partial charge in [0.05, 0.1) is 19.0 Å². The number of aromatic nitrogens is 4. The summed E-state index contributed by atoms with van der Waals surface area (Å²) < 4.78 is 33.3. The van der Waals surface area contributed by atoms with Gasteiger partial charge in [-0.1, -0.05) is 0 Å². The molecule has 29 heavy (non-hydrogen) atoms. The highest BCUT2D eigenvalue weighted by Gasteiger charge is 2.40. The van der Waals surface area contributed by atoms with E-state index in [1.165, 1.54) is 0 Å². The molecule has 0 bridgehead atoms. The number of fused-ring (bicyclic) bond motifs is 1. The number of phosphoric ester groups is 2. The fourth-order valence-electron chi connectivity index (χ4n) is 3.52. The van der Waals surface area contributed by atoms with E-state index < -0.39 is 34.3 Å². The van der Waals surface area contributed by atoms with E-state index in [-0.39, 0.29) is 17.6 Å². The molecule has 2 aromatic heterocycles. The lowest BCUT2D eigenvalue weighted by Gasteiger charge is -2.20. The van der Waals surface area contributed by atoms with Crippen molar-refractivity contribution >= 4 is 44.2 Å². The average molecular weight is 472 g/mol. The SMILES string of the molecule is CNc1nc(Cl)nc2c1ncn2C[C@@H]1C[C@H](COP(=O)(O)O)[C@@H](OP(=O)(O)O)C1. The standard InChI is InChI=1S/C13H20ClN5O8P2/c1-15-11-10-12(18-13(14)17-11)19(6-16-10)4-7-2-8(5-26-28(20,21)22)9(3-7)27-29(23,24)25/h6-9H,2-5H2,1H3,(H,15,17,18)(H2,20,21,22)(H2,23,24,25)/t7-,8-,9+/m1/s1. The molecule has 5 N–H and O–H groups in total. The molecular formula is C13H20ClN5O8P2. The number of nitrogens with one attached hydrogen (secondary N) is 1. The van der Waals surface area contributed by atoms with Gasteiger partial charge < -0.3 is 29.5 Å². The molecule has 1 aliphatic rings. The highest BCUT2D eigenvalue weighted by atomic mass is 35.5. The van der Waals surface area contributed by atoms with Gasteiger partial charge in [0.1, 0.15) is 0 Å². The first kappa shape index (κ1) is 22.5. The van der Waals surface area contributed by atoms with E-state index in [4.69, 9.17) is 35.7 Å². The third kappa shape index (κ3) is 5.94. The Balaban J connectivity index is 1.79. The second kappa shape index (κ2) is 8.54. The van der Waals surface area contributed by atoms with E-state index in [0.29, 0.717) is 29.9 Å². The van der Waals surface area contributed by atoms with E-state index in [1.54, 1.807) is 17.9 Å². The van der Waals surface area contributed by atoms with Gasteiger partial charge in [-0.2, -0.15) is 9.97 Å². The number of halogens is 1. The molecule has 3 atom stereocenters. The monoisotopic (exact) mass is 471 g/mol. The Morgan fingerprint density at radius 3 is 2.59 bits per heavy atom. The van der Waals surface area contributed by atoms with Crippen LogP contribution in [-0.4, -0.2) is 58.9 Å². The Morgan fingerprint density at radius 2 is 1.97 bits per heavy atom. The summed E-state index contributed by atoms with van der Waals surface area (Å²) in [5.74, 6) is -0.289. The third-order valence-corrected chi connectivity index (χ3v) is 5.79. The van der Waals surface area contributed by atoms with E-state index >= 15 is 0 Å². The van der Waals surface area contributed by atoms with Crippen molar-refractivity contribution in [3.8, 4) is 0 Å². The highest BCUT2D eigenvalue weighted by Crippen LogP contribution is 2.47. The van der Waals surface area contributed by atoms with Crippen LogP contribution in [0.1, 0.15) is 12.8 Å². The number of nitrogens with zero attached hydrogens (tertiary/aromatic N) is 4. The van der Waals surface area contributed by atoms with Crippen LogP contribution in [0.25, 0.3) is 11.2 Å². The summed E-state index contributed by atoms with van der Waals surface area (Å²) in [7, 11) is -7.84. The van der Waals surface area contributed by atoms with E-state index in [0.717, 1.165) is 0 Å². The van der Waals surface area contributed by atoms with Crippen LogP contribution in [0.4, 0.5) is 5.82 Å². The van der Waals surface area contributed by atoms with E-state index in [9.17, 15) is 9.13 Å². The smallest absolute Gasteiger partial charge is 0.371 e. The van der Waals surface area contributed by atoms with Crippen molar-refractivity contribution in [1.29, 1.82) is 0 Å². The molecule has 0 spiro atoms. The van der Waals surface area contributed by atoms with Gasteiger partial charge in [0.2, 0.25) is 5.28 Å². The molecule has 2 heterocycles. The lowest BCUT2D eigenvalue weighted by Crippen LogP contribution is -2.21. The highest BCUT2D eigenvalue weighted by molar-refractivity contribution is 7.46. The molecule has 0 amide bonds. The zero-order chi connectivity index (χ0) is 21.4. The molecule has 3 rings (SSSR count). The number of anilines is 1. The van der Waals surface area contributed by atoms with Crippen molar-refractivity contribution in [3.63, 3.8) is 0 Å². The molecule has 0 unspecified atom stereocenters. The maximum atomic E-state index is 11.3. The van der Waals surface area contributed by atoms with Crippen molar-refractivity contribution in [2.75, 3.05) is 19.0 Å². The van der Waals surface area contributed by atoms with Crippen LogP contribution >= 0.6 is 27.2 Å². The molecular weight excluding hydrogens is 452 g/mol. The first-order valence-electron chi connectivity index (χ1n) is 8.45. The summed E-state index contributed by atoms with van der Waals surface area (Å²) in [5.41, 5.74) is 0.996. The molecule has 16 heteroatoms. The second-order valence-electron chi connectivity index (χ2n) is 6.68. The van der Waals surface area contributed by atoms with Gasteiger partial charge in [-0.05, 0) is 30.4 Å². The number of hydrogen-bond donors (Lipinski definition) is 5. The van der Waals surface area contributed by atoms with Crippen LogP contribution in [0.2, 0.25) is 5.28 Å². The van der Waals surface area contributed by atoms with Gasteiger partial charge in [0.25, 0.3) is 0 Å². The van der Waals surface area contributed by atoms with Gasteiger partial charge in [-0.15, -0.1) is 0 Å². The number of phosphoric acid groups is 2. The lowest BCUT2D eigenvalue weighted by atomic mass is 10.1. The summed E-state index contributed by atoms with van der Waals surface area (Å²) in [6, 6.07) is 0. The zero-order valence-corrected chi connectivity index (χ0v) is 17.7. The third-order valence-electron chi connectivity index (χ3n) is 4.59. The van der Waals surface area contributed by atoms with Gasteiger partial charge in [-0.3, -0.25) is 9.05 Å². The molecule has 0 radical (unpaired) electrons. The first-order chi connectivity index (χ1) is 13.4. The first-order valence-corrected chi connectivity index (χ1v) is 11.9. The Labute approximate surface area is 169 Å². The fraction of sp³-hybridized carbons (Fsp3) is 0.615. The minimum absolute atomic E-state index is 0.0330. The predicted octanol–water partition coefficient (Wildman–Crippen LogP) is 1.13. The van der Waals surface area contributed by atoms with Crippen molar-refractivity contribution in [2.24, 2.45) is 11.8 Å². The molecule has 0 saturated heterocycles. The number of hydrogen-bond acceptors (Lipinski definition) is 8. The summed E-state index contributed by atoms with van der Waals surface area (Å²) in [6.07, 6.45) is 1.24. The zero-order valence-electron chi connectivity index (χ0n) is 15.1. The quantitative estimate of drug-likeness (QED) is 0.273. The summed E-state index contributed by atoms with van der Waals surface area (Å²) >= 11 is 5.95. The fourth-order valence-corrected chi connectivity index (χ4v) is 4.68. The van der Waals surface area contributed by atoms with E-state index in [2.05, 4.69) is 24.8 Å². The Bertz CT molecular complexity index is 978. The summed E-state index contributed by atoms with van der Waals surface area (Å²) in [6.45, 7) is -0.0194. The normalized spacial score (nSPS) is 23.0. The van der Waals surface area contributed by atoms with Crippen molar-refractivity contribution in [3.05, 3.63) is 11.6 Å². The van der Waals surface area contributed by atoms with Crippen LogP contribution < -0.4 is 5.32 Å². The molecule has 2 aromatic rings. The van der Waals surface area contributed by atoms with Crippen LogP contribution in [-0.2, 0) is 24.7 Å².